The fraction of sp³-hybridized carbons (Fsp3) is 0.857. The zero-order chi connectivity index (χ0) is 14.4. The quantitative estimate of drug-likeness (QED) is 0.743. The second-order valence-electron chi connectivity index (χ2n) is 5.37. The van der Waals surface area contributed by atoms with Crippen LogP contribution in [0.2, 0.25) is 0 Å². The smallest absolute Gasteiger partial charge is 0.308 e. The van der Waals surface area contributed by atoms with E-state index in [9.17, 15) is 9.59 Å². The van der Waals surface area contributed by atoms with Gasteiger partial charge in [0.25, 0.3) is 5.91 Å². The predicted octanol–water partition coefficient (Wildman–Crippen LogP) is 0.635. The van der Waals surface area contributed by atoms with Crippen molar-refractivity contribution < 1.29 is 19.1 Å². The van der Waals surface area contributed by atoms with Crippen molar-refractivity contribution in [2.75, 3.05) is 26.3 Å². The number of morpholine rings is 1. The van der Waals surface area contributed by atoms with Crippen LogP contribution in [-0.2, 0) is 19.1 Å². The molecule has 1 amide bonds. The van der Waals surface area contributed by atoms with E-state index in [0.29, 0.717) is 19.8 Å². The summed E-state index contributed by atoms with van der Waals surface area (Å²) >= 11 is 0. The lowest BCUT2D eigenvalue weighted by Crippen LogP contribution is -2.51. The summed E-state index contributed by atoms with van der Waals surface area (Å²) in [4.78, 5) is 23.7. The third-order valence-corrected chi connectivity index (χ3v) is 3.91. The summed E-state index contributed by atoms with van der Waals surface area (Å²) in [6, 6.07) is 0.152. The predicted molar refractivity (Wildman–Crippen MR) is 80.4 cm³/mol. The summed E-state index contributed by atoms with van der Waals surface area (Å²) in [5, 5.41) is 6.17. The van der Waals surface area contributed by atoms with Gasteiger partial charge in [0.2, 0.25) is 0 Å². The van der Waals surface area contributed by atoms with Gasteiger partial charge in [-0.15, -0.1) is 12.4 Å². The van der Waals surface area contributed by atoms with E-state index in [2.05, 4.69) is 10.6 Å². The fourth-order valence-corrected chi connectivity index (χ4v) is 2.76. The summed E-state index contributed by atoms with van der Waals surface area (Å²) < 4.78 is 10.5. The Morgan fingerprint density at radius 2 is 2.00 bits per heavy atom. The molecule has 0 aromatic rings. The molecule has 0 aromatic carbocycles. The van der Waals surface area contributed by atoms with Gasteiger partial charge in [-0.2, -0.15) is 0 Å². The van der Waals surface area contributed by atoms with Crippen molar-refractivity contribution in [3.8, 4) is 0 Å². The molecule has 1 saturated carbocycles. The first kappa shape index (κ1) is 18.2. The molecule has 1 unspecified atom stereocenters. The molecule has 7 heteroatoms. The lowest BCUT2D eigenvalue weighted by molar-refractivity contribution is -0.149. The van der Waals surface area contributed by atoms with Gasteiger partial charge >= 0.3 is 5.97 Å². The molecule has 122 valence electrons. The molecule has 21 heavy (non-hydrogen) atoms. The highest BCUT2D eigenvalue weighted by Crippen LogP contribution is 2.25. The number of hydrogen-bond acceptors (Lipinski definition) is 5. The van der Waals surface area contributed by atoms with Crippen molar-refractivity contribution in [2.24, 2.45) is 5.92 Å². The maximum atomic E-state index is 12.0. The van der Waals surface area contributed by atoms with Crippen molar-refractivity contribution in [1.82, 2.24) is 10.6 Å². The molecular formula is C14H25ClN2O4. The van der Waals surface area contributed by atoms with Gasteiger partial charge in [0.1, 0.15) is 6.10 Å². The van der Waals surface area contributed by atoms with Gasteiger partial charge in [-0.05, 0) is 32.6 Å². The molecule has 6 nitrogen and oxygen atoms in total. The molecule has 2 N–H and O–H groups in total. The van der Waals surface area contributed by atoms with E-state index in [1.165, 1.54) is 0 Å². The van der Waals surface area contributed by atoms with Crippen LogP contribution in [0.3, 0.4) is 0 Å². The largest absolute Gasteiger partial charge is 0.466 e. The highest BCUT2D eigenvalue weighted by atomic mass is 35.5. The molecule has 0 bridgehead atoms. The van der Waals surface area contributed by atoms with Crippen molar-refractivity contribution in [3.63, 3.8) is 0 Å². The van der Waals surface area contributed by atoms with Gasteiger partial charge in [0.15, 0.2) is 0 Å². The first-order valence-corrected chi connectivity index (χ1v) is 7.50. The Labute approximate surface area is 131 Å². The molecular weight excluding hydrogens is 296 g/mol. The SMILES string of the molecule is CCOC(=O)C1CCC(NC(=O)C2CNCCO2)CC1.Cl. The summed E-state index contributed by atoms with van der Waals surface area (Å²) in [5.41, 5.74) is 0. The van der Waals surface area contributed by atoms with Gasteiger partial charge in [-0.1, -0.05) is 0 Å². The first-order valence-electron chi connectivity index (χ1n) is 7.50. The van der Waals surface area contributed by atoms with Crippen LogP contribution in [0.1, 0.15) is 32.6 Å². The van der Waals surface area contributed by atoms with Crippen LogP contribution in [0.25, 0.3) is 0 Å². The van der Waals surface area contributed by atoms with Gasteiger partial charge in [-0.25, -0.2) is 0 Å². The Balaban J connectivity index is 0.00000220. The summed E-state index contributed by atoms with van der Waals surface area (Å²) in [6.07, 6.45) is 2.85. The average Bonchev–Trinajstić information content (AvgIpc) is 2.49. The Morgan fingerprint density at radius 1 is 1.29 bits per heavy atom. The fourth-order valence-electron chi connectivity index (χ4n) is 2.76. The summed E-state index contributed by atoms with van der Waals surface area (Å²) in [6.45, 7) is 4.20. The minimum Gasteiger partial charge on any atom is -0.466 e. The van der Waals surface area contributed by atoms with Crippen LogP contribution in [0, 0.1) is 5.92 Å². The van der Waals surface area contributed by atoms with Crippen LogP contribution in [0.4, 0.5) is 0 Å². The maximum Gasteiger partial charge on any atom is 0.308 e. The van der Waals surface area contributed by atoms with E-state index in [-0.39, 0.29) is 42.3 Å². The number of nitrogens with one attached hydrogen (secondary N) is 2. The normalized spacial score (nSPS) is 29.1. The van der Waals surface area contributed by atoms with Gasteiger partial charge in [-0.3, -0.25) is 9.59 Å². The van der Waals surface area contributed by atoms with E-state index >= 15 is 0 Å². The Kier molecular flexibility index (Phi) is 8.00. The van der Waals surface area contributed by atoms with Crippen LogP contribution in [0.15, 0.2) is 0 Å². The summed E-state index contributed by atoms with van der Waals surface area (Å²) in [5.74, 6) is -0.149. The standard InChI is InChI=1S/C14H24N2O4.ClH/c1-2-19-14(18)10-3-5-11(6-4-10)16-13(17)12-9-15-7-8-20-12;/h10-12,15H,2-9H2,1H3,(H,16,17);1H. The molecule has 0 radical (unpaired) electrons. The van der Waals surface area contributed by atoms with Crippen LogP contribution in [0.5, 0.6) is 0 Å². The second kappa shape index (κ2) is 9.23. The van der Waals surface area contributed by atoms with Crippen LogP contribution in [-0.4, -0.2) is 50.3 Å². The van der Waals surface area contributed by atoms with Gasteiger partial charge in [0.05, 0.1) is 19.1 Å². The van der Waals surface area contributed by atoms with Gasteiger partial charge in [0, 0.05) is 19.1 Å². The Bertz CT molecular complexity index is 340. The van der Waals surface area contributed by atoms with E-state index in [1.54, 1.807) is 0 Å². The molecule has 2 rings (SSSR count). The highest BCUT2D eigenvalue weighted by molar-refractivity contribution is 5.85. The zero-order valence-corrected chi connectivity index (χ0v) is 13.2. The first-order chi connectivity index (χ1) is 9.70. The number of carbonyl (C=O) groups is 2. The number of hydrogen-bond donors (Lipinski definition) is 2. The number of amides is 1. The highest BCUT2D eigenvalue weighted by Gasteiger charge is 2.30. The van der Waals surface area contributed by atoms with Crippen LogP contribution < -0.4 is 10.6 Å². The monoisotopic (exact) mass is 320 g/mol. The minimum atomic E-state index is -0.383. The molecule has 1 atom stereocenters. The zero-order valence-electron chi connectivity index (χ0n) is 12.4. The minimum absolute atomic E-state index is 0. The molecule has 2 fully saturated rings. The molecule has 0 aromatic heterocycles. The Hall–Kier alpha value is -0.850. The van der Waals surface area contributed by atoms with Crippen molar-refractivity contribution in [3.05, 3.63) is 0 Å². The molecule has 1 aliphatic carbocycles. The number of carbonyl (C=O) groups excluding carboxylic acids is 2. The molecule has 1 heterocycles. The lowest BCUT2D eigenvalue weighted by Gasteiger charge is -2.30. The van der Waals surface area contributed by atoms with E-state index in [0.717, 1.165) is 32.2 Å². The number of halogens is 1. The average molecular weight is 321 g/mol. The molecule has 1 saturated heterocycles. The second-order valence-corrected chi connectivity index (χ2v) is 5.37. The number of ether oxygens (including phenoxy) is 2. The maximum absolute atomic E-state index is 12.0. The Morgan fingerprint density at radius 3 is 2.57 bits per heavy atom. The third kappa shape index (κ3) is 5.45. The molecule has 0 spiro atoms. The van der Waals surface area contributed by atoms with Crippen molar-refractivity contribution in [2.45, 2.75) is 44.8 Å². The molecule has 2 aliphatic rings. The van der Waals surface area contributed by atoms with Crippen molar-refractivity contribution >= 4 is 24.3 Å². The van der Waals surface area contributed by atoms with Crippen molar-refractivity contribution in [1.29, 1.82) is 0 Å². The van der Waals surface area contributed by atoms with E-state index < -0.39 is 0 Å². The summed E-state index contributed by atoms with van der Waals surface area (Å²) in [7, 11) is 0. The number of rotatable bonds is 4. The van der Waals surface area contributed by atoms with E-state index in [4.69, 9.17) is 9.47 Å². The lowest BCUT2D eigenvalue weighted by atomic mass is 9.86. The number of esters is 1. The third-order valence-electron chi connectivity index (χ3n) is 3.91. The molecule has 1 aliphatic heterocycles. The van der Waals surface area contributed by atoms with Gasteiger partial charge < -0.3 is 20.1 Å². The van der Waals surface area contributed by atoms with E-state index in [1.807, 2.05) is 6.92 Å². The topological polar surface area (TPSA) is 76.7 Å². The van der Waals surface area contributed by atoms with Crippen LogP contribution >= 0.6 is 12.4 Å².